The van der Waals surface area contributed by atoms with Crippen molar-refractivity contribution < 1.29 is 9.50 Å². The molecule has 1 rings (SSSR count). The molecule has 0 aliphatic carbocycles. The van der Waals surface area contributed by atoms with E-state index in [-0.39, 0.29) is 12.0 Å². The molecule has 0 aliphatic rings. The van der Waals surface area contributed by atoms with Gasteiger partial charge in [-0.15, -0.1) is 0 Å². The Kier molecular flexibility index (Phi) is 3.06. The number of alkyl halides is 1. The highest BCUT2D eigenvalue weighted by atomic mass is 19.1. The fraction of sp³-hybridized carbons (Fsp3) is 0.500. The quantitative estimate of drug-likeness (QED) is 0.787. The molecule has 0 saturated carbocycles. The zero-order chi connectivity index (χ0) is 10.8. The van der Waals surface area contributed by atoms with E-state index < -0.39 is 12.3 Å². The van der Waals surface area contributed by atoms with E-state index in [2.05, 4.69) is 0 Å². The highest BCUT2D eigenvalue weighted by molar-refractivity contribution is 5.18. The number of pyridine rings is 1. The van der Waals surface area contributed by atoms with E-state index in [1.807, 2.05) is 0 Å². The van der Waals surface area contributed by atoms with Crippen LogP contribution in [0.1, 0.15) is 18.9 Å². The van der Waals surface area contributed by atoms with E-state index in [0.717, 1.165) is 0 Å². The SMILES string of the molecule is CCC(O)(CF)c1ccc(=O)n(C)c1. The third-order valence-corrected chi connectivity index (χ3v) is 2.43. The Morgan fingerprint density at radius 2 is 2.21 bits per heavy atom. The Morgan fingerprint density at radius 1 is 1.57 bits per heavy atom. The van der Waals surface area contributed by atoms with Gasteiger partial charge >= 0.3 is 0 Å². The van der Waals surface area contributed by atoms with Gasteiger partial charge in [0.2, 0.25) is 5.56 Å². The predicted molar refractivity (Wildman–Crippen MR) is 51.8 cm³/mol. The first-order chi connectivity index (χ1) is 6.53. The number of aromatic nitrogens is 1. The average molecular weight is 199 g/mol. The minimum absolute atomic E-state index is 0.175. The van der Waals surface area contributed by atoms with Crippen molar-refractivity contribution in [3.05, 3.63) is 34.2 Å². The fourth-order valence-electron chi connectivity index (χ4n) is 1.24. The number of aliphatic hydroxyl groups is 1. The van der Waals surface area contributed by atoms with Crippen molar-refractivity contribution in [2.75, 3.05) is 6.67 Å². The molecule has 1 N–H and O–H groups in total. The molecule has 4 heteroatoms. The van der Waals surface area contributed by atoms with Gasteiger partial charge in [-0.25, -0.2) is 4.39 Å². The number of nitrogens with zero attached hydrogens (tertiary/aromatic N) is 1. The second kappa shape index (κ2) is 3.92. The van der Waals surface area contributed by atoms with E-state index in [1.54, 1.807) is 14.0 Å². The molecule has 0 aliphatic heterocycles. The summed E-state index contributed by atoms with van der Waals surface area (Å²) >= 11 is 0. The average Bonchev–Trinajstić information content (AvgIpc) is 2.21. The summed E-state index contributed by atoms with van der Waals surface area (Å²) in [7, 11) is 1.57. The van der Waals surface area contributed by atoms with Crippen molar-refractivity contribution in [1.82, 2.24) is 4.57 Å². The van der Waals surface area contributed by atoms with Crippen LogP contribution < -0.4 is 5.56 Å². The molecule has 0 bridgehead atoms. The van der Waals surface area contributed by atoms with Gasteiger partial charge in [0.25, 0.3) is 0 Å². The molecular weight excluding hydrogens is 185 g/mol. The first-order valence-electron chi connectivity index (χ1n) is 4.49. The lowest BCUT2D eigenvalue weighted by Crippen LogP contribution is -2.29. The number of hydrogen-bond donors (Lipinski definition) is 1. The van der Waals surface area contributed by atoms with Gasteiger partial charge in [-0.1, -0.05) is 6.92 Å². The summed E-state index contributed by atoms with van der Waals surface area (Å²) in [6, 6.07) is 2.79. The summed E-state index contributed by atoms with van der Waals surface area (Å²) in [5.41, 5.74) is -1.21. The van der Waals surface area contributed by atoms with Crippen LogP contribution in [0.25, 0.3) is 0 Å². The molecule has 0 saturated heterocycles. The molecule has 0 aromatic carbocycles. The van der Waals surface area contributed by atoms with Crippen LogP contribution in [0, 0.1) is 0 Å². The Bertz CT molecular complexity index is 369. The molecule has 0 radical (unpaired) electrons. The van der Waals surface area contributed by atoms with E-state index >= 15 is 0 Å². The molecule has 1 aromatic rings. The molecule has 1 aromatic heterocycles. The highest BCUT2D eigenvalue weighted by Crippen LogP contribution is 2.24. The van der Waals surface area contributed by atoms with Crippen LogP contribution in [0.4, 0.5) is 4.39 Å². The first-order valence-corrected chi connectivity index (χ1v) is 4.49. The Balaban J connectivity index is 3.19. The normalized spacial score (nSPS) is 15.1. The third kappa shape index (κ3) is 1.85. The molecule has 0 spiro atoms. The van der Waals surface area contributed by atoms with Crippen LogP contribution in [0.15, 0.2) is 23.1 Å². The molecule has 1 atom stereocenters. The van der Waals surface area contributed by atoms with Crippen LogP contribution in [-0.4, -0.2) is 16.3 Å². The predicted octanol–water partition coefficient (Wildman–Crippen LogP) is 0.952. The largest absolute Gasteiger partial charge is 0.382 e. The maximum Gasteiger partial charge on any atom is 0.250 e. The molecule has 3 nitrogen and oxygen atoms in total. The molecule has 1 heterocycles. The van der Waals surface area contributed by atoms with Gasteiger partial charge in [0.15, 0.2) is 0 Å². The summed E-state index contributed by atoms with van der Waals surface area (Å²) in [5, 5.41) is 9.83. The van der Waals surface area contributed by atoms with Crippen LogP contribution in [0.2, 0.25) is 0 Å². The van der Waals surface area contributed by atoms with E-state index in [4.69, 9.17) is 0 Å². The van der Waals surface area contributed by atoms with Crippen LogP contribution in [0.3, 0.4) is 0 Å². The summed E-state index contributed by atoms with van der Waals surface area (Å²) in [4.78, 5) is 11.1. The van der Waals surface area contributed by atoms with Gasteiger partial charge in [0.1, 0.15) is 12.3 Å². The highest BCUT2D eigenvalue weighted by Gasteiger charge is 2.27. The molecule has 1 unspecified atom stereocenters. The van der Waals surface area contributed by atoms with Gasteiger partial charge in [-0.3, -0.25) is 4.79 Å². The lowest BCUT2D eigenvalue weighted by Gasteiger charge is -2.23. The monoisotopic (exact) mass is 199 g/mol. The zero-order valence-corrected chi connectivity index (χ0v) is 8.33. The Morgan fingerprint density at radius 3 is 2.64 bits per heavy atom. The summed E-state index contributed by atoms with van der Waals surface area (Å²) in [6.45, 7) is 0.854. The summed E-state index contributed by atoms with van der Waals surface area (Å²) in [5.74, 6) is 0. The second-order valence-electron chi connectivity index (χ2n) is 3.39. The third-order valence-electron chi connectivity index (χ3n) is 2.43. The maximum atomic E-state index is 12.6. The van der Waals surface area contributed by atoms with Crippen molar-refractivity contribution in [3.8, 4) is 0 Å². The molecule has 0 amide bonds. The molecular formula is C10H14FNO2. The van der Waals surface area contributed by atoms with Gasteiger partial charge in [0, 0.05) is 24.9 Å². The lowest BCUT2D eigenvalue weighted by atomic mass is 9.94. The van der Waals surface area contributed by atoms with Gasteiger partial charge in [0.05, 0.1) is 0 Å². The minimum Gasteiger partial charge on any atom is -0.382 e. The number of hydrogen-bond acceptors (Lipinski definition) is 2. The van der Waals surface area contributed by atoms with Crippen molar-refractivity contribution in [2.24, 2.45) is 7.05 Å². The topological polar surface area (TPSA) is 42.2 Å². The summed E-state index contributed by atoms with van der Waals surface area (Å²) in [6.07, 6.45) is 1.74. The number of aryl methyl sites for hydroxylation is 1. The van der Waals surface area contributed by atoms with Gasteiger partial charge < -0.3 is 9.67 Å². The fourth-order valence-corrected chi connectivity index (χ4v) is 1.24. The first kappa shape index (κ1) is 10.9. The van der Waals surface area contributed by atoms with Crippen LogP contribution in [-0.2, 0) is 12.6 Å². The Hall–Kier alpha value is -1.16. The van der Waals surface area contributed by atoms with Crippen molar-refractivity contribution in [3.63, 3.8) is 0 Å². The van der Waals surface area contributed by atoms with Crippen molar-refractivity contribution in [1.29, 1.82) is 0 Å². The Labute approximate surface area is 81.8 Å². The number of halogens is 1. The smallest absolute Gasteiger partial charge is 0.250 e. The van der Waals surface area contributed by atoms with Crippen LogP contribution >= 0.6 is 0 Å². The van der Waals surface area contributed by atoms with E-state index in [0.29, 0.717) is 5.56 Å². The van der Waals surface area contributed by atoms with E-state index in [1.165, 1.54) is 22.9 Å². The van der Waals surface area contributed by atoms with Crippen molar-refractivity contribution >= 4 is 0 Å². The molecule has 78 valence electrons. The minimum atomic E-state index is -1.47. The molecule has 0 fully saturated rings. The number of rotatable bonds is 3. The lowest BCUT2D eigenvalue weighted by molar-refractivity contribution is 0.00674. The van der Waals surface area contributed by atoms with Crippen molar-refractivity contribution in [2.45, 2.75) is 18.9 Å². The van der Waals surface area contributed by atoms with E-state index in [9.17, 15) is 14.3 Å². The second-order valence-corrected chi connectivity index (χ2v) is 3.39. The van der Waals surface area contributed by atoms with Gasteiger partial charge in [-0.2, -0.15) is 0 Å². The molecule has 14 heavy (non-hydrogen) atoms. The summed E-state index contributed by atoms with van der Waals surface area (Å²) < 4.78 is 13.9. The maximum absolute atomic E-state index is 12.6. The zero-order valence-electron chi connectivity index (χ0n) is 8.33. The standard InChI is InChI=1S/C10H14FNO2/c1-3-10(14,7-11)8-4-5-9(13)12(2)6-8/h4-6,14H,3,7H2,1-2H3. The van der Waals surface area contributed by atoms with Crippen LogP contribution in [0.5, 0.6) is 0 Å². The van der Waals surface area contributed by atoms with Gasteiger partial charge in [-0.05, 0) is 12.5 Å².